The summed E-state index contributed by atoms with van der Waals surface area (Å²) in [5.41, 5.74) is 8.17. The minimum absolute atomic E-state index is 0.135. The Bertz CT molecular complexity index is 529. The van der Waals surface area contributed by atoms with Crippen molar-refractivity contribution in [1.82, 2.24) is 4.98 Å². The van der Waals surface area contributed by atoms with E-state index in [2.05, 4.69) is 41.0 Å². The van der Waals surface area contributed by atoms with Gasteiger partial charge in [-0.05, 0) is 30.4 Å². The molecule has 120 valence electrons. The van der Waals surface area contributed by atoms with E-state index in [9.17, 15) is 4.39 Å². The second kappa shape index (κ2) is 10.3. The fourth-order valence-corrected chi connectivity index (χ4v) is 2.12. The summed E-state index contributed by atoms with van der Waals surface area (Å²) in [6.07, 6.45) is 4.08. The number of alkyl halides is 1. The van der Waals surface area contributed by atoms with Crippen LogP contribution in [0, 0.1) is 0 Å². The van der Waals surface area contributed by atoms with Crippen molar-refractivity contribution in [3.8, 4) is 11.1 Å². The number of nitrogens with zero attached hydrogens (tertiary/aromatic N) is 1. The van der Waals surface area contributed by atoms with E-state index >= 15 is 0 Å². The smallest absolute Gasteiger partial charge is 0.102 e. The number of pyridine rings is 1. The Kier molecular flexibility index (Phi) is 8.74. The van der Waals surface area contributed by atoms with Gasteiger partial charge in [-0.3, -0.25) is 0 Å². The first kappa shape index (κ1) is 18.6. The molecule has 3 nitrogen and oxygen atoms in total. The van der Waals surface area contributed by atoms with Crippen LogP contribution in [0.15, 0.2) is 47.6 Å². The highest BCUT2D eigenvalue weighted by molar-refractivity contribution is 7.98. The lowest BCUT2D eigenvalue weighted by Gasteiger charge is -2.10. The molecule has 22 heavy (non-hydrogen) atoms. The maximum Gasteiger partial charge on any atom is 0.102 e. The molecule has 2 aromatic rings. The van der Waals surface area contributed by atoms with Crippen LogP contribution in [0.5, 0.6) is 0 Å². The van der Waals surface area contributed by atoms with Crippen LogP contribution in [0.25, 0.3) is 11.1 Å². The number of halogens is 1. The molecule has 1 atom stereocenters. The van der Waals surface area contributed by atoms with Crippen LogP contribution in [0.3, 0.4) is 0 Å². The van der Waals surface area contributed by atoms with Gasteiger partial charge in [-0.1, -0.05) is 30.3 Å². The molecule has 0 radical (unpaired) electrons. The van der Waals surface area contributed by atoms with Crippen molar-refractivity contribution in [2.24, 2.45) is 5.73 Å². The molecular formula is C17H23FN2OS. The van der Waals surface area contributed by atoms with Crippen molar-refractivity contribution in [3.63, 3.8) is 0 Å². The summed E-state index contributed by atoms with van der Waals surface area (Å²) in [5.74, 6) is 0. The zero-order chi connectivity index (χ0) is 16.4. The highest BCUT2D eigenvalue weighted by atomic mass is 32.2. The Hall–Kier alpha value is -1.43. The molecule has 0 aliphatic carbocycles. The molecule has 0 aliphatic rings. The Morgan fingerprint density at radius 2 is 1.77 bits per heavy atom. The molecule has 1 aromatic carbocycles. The second-order valence-corrected chi connectivity index (χ2v) is 5.39. The summed E-state index contributed by atoms with van der Waals surface area (Å²) in [5, 5.41) is 1.04. The van der Waals surface area contributed by atoms with Gasteiger partial charge in [0.05, 0.1) is 11.1 Å². The predicted octanol–water partition coefficient (Wildman–Crippen LogP) is 4.09. The third-order valence-corrected chi connectivity index (χ3v) is 3.78. The van der Waals surface area contributed by atoms with Crippen molar-refractivity contribution in [2.75, 3.05) is 26.6 Å². The number of thioether (sulfide) groups is 1. The summed E-state index contributed by atoms with van der Waals surface area (Å²) >= 11 is 1.65. The van der Waals surface area contributed by atoms with E-state index in [0.29, 0.717) is 0 Å². The van der Waals surface area contributed by atoms with Crippen LogP contribution in [0.4, 0.5) is 4.39 Å². The molecular weight excluding hydrogens is 299 g/mol. The van der Waals surface area contributed by atoms with Gasteiger partial charge in [-0.2, -0.15) is 0 Å². The molecule has 1 aromatic heterocycles. The first-order chi connectivity index (χ1) is 10.7. The Balaban J connectivity index is 0.000000541. The zero-order valence-electron chi connectivity index (χ0n) is 13.3. The monoisotopic (exact) mass is 322 g/mol. The number of ether oxygens (including phenoxy) is 1. The Morgan fingerprint density at radius 1 is 1.18 bits per heavy atom. The second-order valence-electron chi connectivity index (χ2n) is 4.57. The summed E-state index contributed by atoms with van der Waals surface area (Å²) in [6.45, 7) is 1.80. The van der Waals surface area contributed by atoms with Gasteiger partial charge < -0.3 is 10.5 Å². The number of rotatable bonds is 5. The minimum Gasteiger partial charge on any atom is -0.377 e. The Morgan fingerprint density at radius 3 is 2.18 bits per heavy atom. The van der Waals surface area contributed by atoms with Crippen LogP contribution >= 0.6 is 11.8 Å². The largest absolute Gasteiger partial charge is 0.377 e. The molecule has 2 N–H and O–H groups in total. The van der Waals surface area contributed by atoms with Gasteiger partial charge in [0.15, 0.2) is 0 Å². The Labute approximate surface area is 136 Å². The minimum atomic E-state index is -0.403. The van der Waals surface area contributed by atoms with E-state index in [1.54, 1.807) is 18.9 Å². The lowest BCUT2D eigenvalue weighted by molar-refractivity contribution is 0.119. The standard InChI is InChI=1S/C15H17NOS.C2H6FN/c1-11(17-2)12-4-6-13(7-5-12)14-8-9-15(18-3)16-10-14;3-1-2-4/h4-11H,1-3H3;1-2,4H2. The topological polar surface area (TPSA) is 48.1 Å². The lowest BCUT2D eigenvalue weighted by atomic mass is 10.0. The number of nitrogens with two attached hydrogens (primary N) is 1. The van der Waals surface area contributed by atoms with Crippen molar-refractivity contribution in [2.45, 2.75) is 18.1 Å². The number of hydrogen-bond donors (Lipinski definition) is 1. The quantitative estimate of drug-likeness (QED) is 0.842. The molecule has 0 fully saturated rings. The number of benzene rings is 1. The van der Waals surface area contributed by atoms with Crippen molar-refractivity contribution < 1.29 is 9.13 Å². The van der Waals surface area contributed by atoms with E-state index in [1.807, 2.05) is 25.4 Å². The molecule has 5 heteroatoms. The zero-order valence-corrected chi connectivity index (χ0v) is 14.1. The highest BCUT2D eigenvalue weighted by Gasteiger charge is 2.04. The molecule has 0 aliphatic heterocycles. The molecule has 1 unspecified atom stereocenters. The van der Waals surface area contributed by atoms with Crippen molar-refractivity contribution in [3.05, 3.63) is 48.2 Å². The van der Waals surface area contributed by atoms with E-state index in [4.69, 9.17) is 4.74 Å². The van der Waals surface area contributed by atoms with E-state index in [1.165, 1.54) is 11.1 Å². The summed E-state index contributed by atoms with van der Waals surface area (Å²) < 4.78 is 15.9. The van der Waals surface area contributed by atoms with E-state index in [0.717, 1.165) is 10.6 Å². The first-order valence-corrected chi connectivity index (χ1v) is 8.28. The SMILES string of the molecule is COC(C)c1ccc(-c2ccc(SC)nc2)cc1.NCCF. The van der Waals surface area contributed by atoms with Crippen LogP contribution in [0.2, 0.25) is 0 Å². The van der Waals surface area contributed by atoms with Crippen LogP contribution < -0.4 is 5.73 Å². The highest BCUT2D eigenvalue weighted by Crippen LogP contribution is 2.23. The summed E-state index contributed by atoms with van der Waals surface area (Å²) in [4.78, 5) is 4.39. The summed E-state index contributed by atoms with van der Waals surface area (Å²) in [6, 6.07) is 12.6. The molecule has 0 spiro atoms. The van der Waals surface area contributed by atoms with Crippen molar-refractivity contribution >= 4 is 11.8 Å². The first-order valence-electron chi connectivity index (χ1n) is 7.05. The van der Waals surface area contributed by atoms with Gasteiger partial charge in [0.1, 0.15) is 6.67 Å². The van der Waals surface area contributed by atoms with Crippen LogP contribution in [-0.2, 0) is 4.74 Å². The van der Waals surface area contributed by atoms with E-state index < -0.39 is 6.67 Å². The molecule has 0 bridgehead atoms. The fourth-order valence-electron chi connectivity index (χ4n) is 1.75. The average Bonchev–Trinajstić information content (AvgIpc) is 2.61. The third kappa shape index (κ3) is 5.75. The molecule has 0 saturated heterocycles. The fraction of sp³-hybridized carbons (Fsp3) is 0.353. The van der Waals surface area contributed by atoms with E-state index in [-0.39, 0.29) is 12.6 Å². The maximum absolute atomic E-state index is 10.6. The van der Waals surface area contributed by atoms with Crippen LogP contribution in [-0.4, -0.2) is 31.6 Å². The molecule has 0 amide bonds. The normalized spacial score (nSPS) is 11.5. The average molecular weight is 322 g/mol. The van der Waals surface area contributed by atoms with Gasteiger partial charge in [0.2, 0.25) is 0 Å². The van der Waals surface area contributed by atoms with Gasteiger partial charge in [0.25, 0.3) is 0 Å². The molecule has 1 heterocycles. The van der Waals surface area contributed by atoms with Gasteiger partial charge >= 0.3 is 0 Å². The maximum atomic E-state index is 10.6. The molecule has 2 rings (SSSR count). The molecule has 0 saturated carbocycles. The third-order valence-electron chi connectivity index (χ3n) is 3.12. The van der Waals surface area contributed by atoms with Crippen LogP contribution in [0.1, 0.15) is 18.6 Å². The van der Waals surface area contributed by atoms with Crippen molar-refractivity contribution in [1.29, 1.82) is 0 Å². The van der Waals surface area contributed by atoms with Gasteiger partial charge in [-0.25, -0.2) is 9.37 Å². The number of hydrogen-bond acceptors (Lipinski definition) is 4. The predicted molar refractivity (Wildman–Crippen MR) is 91.9 cm³/mol. The van der Waals surface area contributed by atoms with Gasteiger partial charge in [-0.15, -0.1) is 11.8 Å². The van der Waals surface area contributed by atoms with Gasteiger partial charge in [0, 0.05) is 25.4 Å². The number of aromatic nitrogens is 1. The lowest BCUT2D eigenvalue weighted by Crippen LogP contribution is -1.98. The summed E-state index contributed by atoms with van der Waals surface area (Å²) in [7, 11) is 1.73. The number of methoxy groups -OCH3 is 1.